The highest BCUT2D eigenvalue weighted by Gasteiger charge is 2.19. The van der Waals surface area contributed by atoms with Crippen LogP contribution in [0.4, 0.5) is 0 Å². The molecule has 2 unspecified atom stereocenters. The number of oxazole rings is 1. The SMILES string of the molecule is CCC(CNC)C(N)c1cnco1. The van der Waals surface area contributed by atoms with E-state index in [0.717, 1.165) is 18.7 Å². The maximum atomic E-state index is 6.01. The Morgan fingerprint density at radius 1 is 1.69 bits per heavy atom. The van der Waals surface area contributed by atoms with Crippen molar-refractivity contribution in [3.63, 3.8) is 0 Å². The predicted octanol–water partition coefficient (Wildman–Crippen LogP) is 0.920. The lowest BCUT2D eigenvalue weighted by Gasteiger charge is -2.19. The zero-order chi connectivity index (χ0) is 9.68. The van der Waals surface area contributed by atoms with E-state index in [2.05, 4.69) is 17.2 Å². The molecule has 0 spiro atoms. The van der Waals surface area contributed by atoms with Crippen molar-refractivity contribution >= 4 is 0 Å². The first-order chi connectivity index (χ1) is 6.29. The van der Waals surface area contributed by atoms with Crippen molar-refractivity contribution in [3.8, 4) is 0 Å². The van der Waals surface area contributed by atoms with Crippen LogP contribution >= 0.6 is 0 Å². The van der Waals surface area contributed by atoms with E-state index in [1.807, 2.05) is 7.05 Å². The molecular weight excluding hydrogens is 166 g/mol. The molecule has 1 heterocycles. The van der Waals surface area contributed by atoms with Crippen molar-refractivity contribution in [1.82, 2.24) is 10.3 Å². The van der Waals surface area contributed by atoms with E-state index >= 15 is 0 Å². The maximum absolute atomic E-state index is 6.01. The quantitative estimate of drug-likeness (QED) is 0.712. The number of nitrogens with one attached hydrogen (secondary N) is 1. The van der Waals surface area contributed by atoms with Crippen molar-refractivity contribution in [1.29, 1.82) is 0 Å². The standard InChI is InChI=1S/C9H17N3O/c1-3-7(4-11-2)9(10)8-5-12-6-13-8/h5-7,9,11H,3-4,10H2,1-2H3. The molecule has 2 atom stereocenters. The Bertz CT molecular complexity index is 223. The molecule has 0 saturated heterocycles. The summed E-state index contributed by atoms with van der Waals surface area (Å²) < 4.78 is 5.16. The Morgan fingerprint density at radius 3 is 2.92 bits per heavy atom. The lowest BCUT2D eigenvalue weighted by atomic mass is 9.96. The Kier molecular flexibility index (Phi) is 3.92. The lowest BCUT2D eigenvalue weighted by molar-refractivity contribution is 0.347. The van der Waals surface area contributed by atoms with Crippen LogP contribution in [0.15, 0.2) is 17.0 Å². The number of hydrogen-bond donors (Lipinski definition) is 2. The van der Waals surface area contributed by atoms with E-state index < -0.39 is 0 Å². The summed E-state index contributed by atoms with van der Waals surface area (Å²) in [6.07, 6.45) is 4.13. The first kappa shape index (κ1) is 10.2. The van der Waals surface area contributed by atoms with Crippen molar-refractivity contribution in [2.45, 2.75) is 19.4 Å². The third kappa shape index (κ3) is 2.54. The van der Waals surface area contributed by atoms with E-state index in [-0.39, 0.29) is 6.04 Å². The van der Waals surface area contributed by atoms with Crippen molar-refractivity contribution in [3.05, 3.63) is 18.4 Å². The summed E-state index contributed by atoms with van der Waals surface area (Å²) in [7, 11) is 1.93. The van der Waals surface area contributed by atoms with Gasteiger partial charge in [0.2, 0.25) is 0 Å². The van der Waals surface area contributed by atoms with Crippen LogP contribution < -0.4 is 11.1 Å². The van der Waals surface area contributed by atoms with Crippen molar-refractivity contribution in [2.75, 3.05) is 13.6 Å². The monoisotopic (exact) mass is 183 g/mol. The van der Waals surface area contributed by atoms with Gasteiger partial charge in [-0.2, -0.15) is 0 Å². The summed E-state index contributed by atoms with van der Waals surface area (Å²) in [6, 6.07) is -0.0556. The normalized spacial score (nSPS) is 15.6. The van der Waals surface area contributed by atoms with Crippen molar-refractivity contribution < 1.29 is 4.42 Å². The van der Waals surface area contributed by atoms with Crippen LogP contribution in [0, 0.1) is 5.92 Å². The summed E-state index contributed by atoms with van der Waals surface area (Å²) in [4.78, 5) is 3.85. The molecule has 0 radical (unpaired) electrons. The molecule has 13 heavy (non-hydrogen) atoms. The predicted molar refractivity (Wildman–Crippen MR) is 51.1 cm³/mol. The second kappa shape index (κ2) is 4.99. The van der Waals surface area contributed by atoms with Gasteiger partial charge in [-0.3, -0.25) is 0 Å². The highest BCUT2D eigenvalue weighted by molar-refractivity contribution is 4.98. The number of aromatic nitrogens is 1. The van der Waals surface area contributed by atoms with Gasteiger partial charge < -0.3 is 15.5 Å². The van der Waals surface area contributed by atoms with Crippen LogP contribution in [0.1, 0.15) is 25.1 Å². The van der Waals surface area contributed by atoms with Gasteiger partial charge in [-0.05, 0) is 19.5 Å². The third-order valence-electron chi connectivity index (χ3n) is 2.28. The van der Waals surface area contributed by atoms with Crippen LogP contribution in [0.3, 0.4) is 0 Å². The van der Waals surface area contributed by atoms with Crippen LogP contribution in [0.2, 0.25) is 0 Å². The Hall–Kier alpha value is -0.870. The first-order valence-electron chi connectivity index (χ1n) is 4.58. The van der Waals surface area contributed by atoms with E-state index in [4.69, 9.17) is 10.2 Å². The first-order valence-corrected chi connectivity index (χ1v) is 4.58. The smallest absolute Gasteiger partial charge is 0.180 e. The number of hydrogen-bond acceptors (Lipinski definition) is 4. The highest BCUT2D eigenvalue weighted by atomic mass is 16.3. The molecule has 1 rings (SSSR count). The van der Waals surface area contributed by atoms with E-state index in [9.17, 15) is 0 Å². The topological polar surface area (TPSA) is 64.1 Å². The van der Waals surface area contributed by atoms with Gasteiger partial charge in [-0.1, -0.05) is 13.3 Å². The van der Waals surface area contributed by atoms with Gasteiger partial charge in [0, 0.05) is 0 Å². The van der Waals surface area contributed by atoms with Crippen LogP contribution in [-0.2, 0) is 0 Å². The maximum Gasteiger partial charge on any atom is 0.180 e. The van der Waals surface area contributed by atoms with Gasteiger partial charge in [0.1, 0.15) is 5.76 Å². The van der Waals surface area contributed by atoms with Gasteiger partial charge in [-0.15, -0.1) is 0 Å². The molecule has 1 aromatic rings. The molecule has 1 aromatic heterocycles. The minimum atomic E-state index is -0.0556. The molecule has 0 aliphatic rings. The molecular formula is C9H17N3O. The minimum absolute atomic E-state index is 0.0556. The molecule has 0 fully saturated rings. The third-order valence-corrected chi connectivity index (χ3v) is 2.28. The molecule has 3 N–H and O–H groups in total. The van der Waals surface area contributed by atoms with E-state index in [1.165, 1.54) is 6.39 Å². The van der Waals surface area contributed by atoms with E-state index in [1.54, 1.807) is 6.20 Å². The second-order valence-electron chi connectivity index (χ2n) is 3.16. The summed E-state index contributed by atoms with van der Waals surface area (Å²) in [5.74, 6) is 1.17. The van der Waals surface area contributed by atoms with Gasteiger partial charge >= 0.3 is 0 Å². The summed E-state index contributed by atoms with van der Waals surface area (Å²) in [5.41, 5.74) is 6.01. The van der Waals surface area contributed by atoms with Gasteiger partial charge in [0.05, 0.1) is 12.2 Å². The van der Waals surface area contributed by atoms with Crippen molar-refractivity contribution in [2.24, 2.45) is 11.7 Å². The summed E-state index contributed by atoms with van der Waals surface area (Å²) in [5, 5.41) is 3.12. The molecule has 74 valence electrons. The molecule has 4 heteroatoms. The highest BCUT2D eigenvalue weighted by Crippen LogP contribution is 2.20. The van der Waals surface area contributed by atoms with Crippen LogP contribution in [0.5, 0.6) is 0 Å². The lowest BCUT2D eigenvalue weighted by Crippen LogP contribution is -2.29. The Morgan fingerprint density at radius 2 is 2.46 bits per heavy atom. The Balaban J connectivity index is 2.58. The van der Waals surface area contributed by atoms with Crippen LogP contribution in [0.25, 0.3) is 0 Å². The molecule has 0 bridgehead atoms. The average Bonchev–Trinajstić information content (AvgIpc) is 2.65. The molecule has 4 nitrogen and oxygen atoms in total. The summed E-state index contributed by atoms with van der Waals surface area (Å²) in [6.45, 7) is 3.02. The molecule has 0 aliphatic heterocycles. The molecule has 0 amide bonds. The molecule has 0 aromatic carbocycles. The average molecular weight is 183 g/mol. The number of rotatable bonds is 5. The fraction of sp³-hybridized carbons (Fsp3) is 0.667. The fourth-order valence-electron chi connectivity index (χ4n) is 1.41. The summed E-state index contributed by atoms with van der Waals surface area (Å²) >= 11 is 0. The zero-order valence-electron chi connectivity index (χ0n) is 8.16. The molecule has 0 aliphatic carbocycles. The molecule has 0 saturated carbocycles. The van der Waals surface area contributed by atoms with E-state index in [0.29, 0.717) is 5.92 Å². The van der Waals surface area contributed by atoms with Gasteiger partial charge in [0.25, 0.3) is 0 Å². The van der Waals surface area contributed by atoms with Gasteiger partial charge in [-0.25, -0.2) is 4.98 Å². The zero-order valence-corrected chi connectivity index (χ0v) is 8.16. The van der Waals surface area contributed by atoms with Crippen LogP contribution in [-0.4, -0.2) is 18.6 Å². The number of nitrogens with zero attached hydrogens (tertiary/aromatic N) is 1. The van der Waals surface area contributed by atoms with Gasteiger partial charge in [0.15, 0.2) is 6.39 Å². The minimum Gasteiger partial charge on any atom is -0.447 e. The Labute approximate surface area is 78.5 Å². The second-order valence-corrected chi connectivity index (χ2v) is 3.16. The largest absolute Gasteiger partial charge is 0.447 e. The fourth-order valence-corrected chi connectivity index (χ4v) is 1.41. The number of nitrogens with two attached hydrogens (primary N) is 1.